The SMILES string of the molecule is COc1cncc(-c2cccc(C(=O)O)c2F)c1. The number of rotatable bonds is 3. The zero-order chi connectivity index (χ0) is 13.1. The third-order valence-corrected chi connectivity index (χ3v) is 2.49. The van der Waals surface area contributed by atoms with Crippen molar-refractivity contribution in [2.24, 2.45) is 0 Å². The highest BCUT2D eigenvalue weighted by Gasteiger charge is 2.15. The maximum atomic E-state index is 14.0. The Labute approximate surface area is 103 Å². The van der Waals surface area contributed by atoms with Crippen molar-refractivity contribution in [2.75, 3.05) is 7.11 Å². The number of hydrogen-bond acceptors (Lipinski definition) is 3. The fourth-order valence-electron chi connectivity index (χ4n) is 1.60. The van der Waals surface area contributed by atoms with Crippen LogP contribution in [0.2, 0.25) is 0 Å². The Hall–Kier alpha value is -2.43. The molecule has 1 N–H and O–H groups in total. The molecule has 0 bridgehead atoms. The molecule has 0 aliphatic heterocycles. The number of aromatic carboxylic acids is 1. The lowest BCUT2D eigenvalue weighted by molar-refractivity contribution is 0.0692. The van der Waals surface area contributed by atoms with E-state index in [1.54, 1.807) is 6.07 Å². The van der Waals surface area contributed by atoms with Gasteiger partial charge in [0.2, 0.25) is 0 Å². The third-order valence-electron chi connectivity index (χ3n) is 2.49. The van der Waals surface area contributed by atoms with Crippen molar-refractivity contribution in [2.45, 2.75) is 0 Å². The van der Waals surface area contributed by atoms with Crippen LogP contribution in [0.25, 0.3) is 11.1 Å². The molecule has 0 aliphatic rings. The molecular weight excluding hydrogens is 237 g/mol. The molecule has 0 fully saturated rings. The first-order valence-corrected chi connectivity index (χ1v) is 5.14. The van der Waals surface area contributed by atoms with Gasteiger partial charge in [-0.05, 0) is 12.1 Å². The van der Waals surface area contributed by atoms with Crippen LogP contribution in [0.15, 0.2) is 36.7 Å². The molecule has 18 heavy (non-hydrogen) atoms. The molecule has 0 radical (unpaired) electrons. The number of carbonyl (C=O) groups is 1. The zero-order valence-electron chi connectivity index (χ0n) is 9.55. The zero-order valence-corrected chi connectivity index (χ0v) is 9.55. The van der Waals surface area contributed by atoms with Gasteiger partial charge in [-0.1, -0.05) is 12.1 Å². The van der Waals surface area contributed by atoms with Crippen LogP contribution in [0.5, 0.6) is 5.75 Å². The molecular formula is C13H10FNO3. The van der Waals surface area contributed by atoms with Crippen molar-refractivity contribution in [3.63, 3.8) is 0 Å². The number of nitrogens with zero attached hydrogens (tertiary/aromatic N) is 1. The highest BCUT2D eigenvalue weighted by atomic mass is 19.1. The quantitative estimate of drug-likeness (QED) is 0.905. The summed E-state index contributed by atoms with van der Waals surface area (Å²) in [6, 6.07) is 5.80. The first-order valence-electron chi connectivity index (χ1n) is 5.14. The summed E-state index contributed by atoms with van der Waals surface area (Å²) in [5, 5.41) is 8.86. The number of pyridine rings is 1. The molecule has 0 unspecified atom stereocenters. The van der Waals surface area contributed by atoms with Crippen LogP contribution in [0.4, 0.5) is 4.39 Å². The van der Waals surface area contributed by atoms with E-state index >= 15 is 0 Å². The van der Waals surface area contributed by atoms with Gasteiger partial charge in [-0.25, -0.2) is 9.18 Å². The Balaban J connectivity index is 2.57. The van der Waals surface area contributed by atoms with E-state index in [-0.39, 0.29) is 11.1 Å². The van der Waals surface area contributed by atoms with Crippen molar-refractivity contribution in [1.29, 1.82) is 0 Å². The Morgan fingerprint density at radius 2 is 2.17 bits per heavy atom. The van der Waals surface area contributed by atoms with Gasteiger partial charge in [0.05, 0.1) is 18.9 Å². The minimum absolute atomic E-state index is 0.182. The van der Waals surface area contributed by atoms with E-state index < -0.39 is 11.8 Å². The highest BCUT2D eigenvalue weighted by molar-refractivity contribution is 5.90. The summed E-state index contributed by atoms with van der Waals surface area (Å²) in [6.07, 6.45) is 2.94. The molecule has 1 aromatic carbocycles. The van der Waals surface area contributed by atoms with E-state index in [0.29, 0.717) is 11.3 Å². The molecule has 0 aliphatic carbocycles. The Kier molecular flexibility index (Phi) is 3.23. The minimum atomic E-state index is -1.30. The molecule has 1 heterocycles. The average molecular weight is 247 g/mol. The number of carboxylic acids is 1. The van der Waals surface area contributed by atoms with Gasteiger partial charge in [-0.2, -0.15) is 0 Å². The number of aromatic nitrogens is 1. The number of hydrogen-bond donors (Lipinski definition) is 1. The van der Waals surface area contributed by atoms with E-state index in [1.807, 2.05) is 0 Å². The Morgan fingerprint density at radius 3 is 2.83 bits per heavy atom. The summed E-state index contributed by atoms with van der Waals surface area (Å²) in [5.41, 5.74) is 0.284. The van der Waals surface area contributed by atoms with Crippen molar-refractivity contribution in [3.8, 4) is 16.9 Å². The second kappa shape index (κ2) is 4.83. The fourth-order valence-corrected chi connectivity index (χ4v) is 1.60. The first-order chi connectivity index (χ1) is 8.63. The van der Waals surface area contributed by atoms with Crippen molar-refractivity contribution in [3.05, 3.63) is 48.0 Å². The number of ether oxygens (including phenoxy) is 1. The summed E-state index contributed by atoms with van der Waals surface area (Å²) in [5.74, 6) is -1.60. The van der Waals surface area contributed by atoms with Crippen molar-refractivity contribution < 1.29 is 19.0 Å². The molecule has 2 aromatic rings. The van der Waals surface area contributed by atoms with Crippen LogP contribution in [0, 0.1) is 5.82 Å². The van der Waals surface area contributed by atoms with Crippen LogP contribution in [0.1, 0.15) is 10.4 Å². The minimum Gasteiger partial charge on any atom is -0.495 e. The molecule has 0 saturated carbocycles. The summed E-state index contributed by atoms with van der Waals surface area (Å²) >= 11 is 0. The van der Waals surface area contributed by atoms with Crippen LogP contribution in [-0.4, -0.2) is 23.2 Å². The van der Waals surface area contributed by atoms with Crippen molar-refractivity contribution >= 4 is 5.97 Å². The predicted octanol–water partition coefficient (Wildman–Crippen LogP) is 2.59. The second-order valence-electron chi connectivity index (χ2n) is 3.59. The lowest BCUT2D eigenvalue weighted by Crippen LogP contribution is -2.01. The summed E-state index contributed by atoms with van der Waals surface area (Å²) in [4.78, 5) is 14.8. The number of halogens is 1. The summed E-state index contributed by atoms with van der Waals surface area (Å²) in [6.45, 7) is 0. The molecule has 2 rings (SSSR count). The number of carboxylic acid groups (broad SMARTS) is 1. The smallest absolute Gasteiger partial charge is 0.338 e. The molecule has 5 heteroatoms. The van der Waals surface area contributed by atoms with E-state index in [1.165, 1.54) is 37.7 Å². The normalized spacial score (nSPS) is 10.1. The first kappa shape index (κ1) is 12.0. The van der Waals surface area contributed by atoms with E-state index in [2.05, 4.69) is 4.98 Å². The standard InChI is InChI=1S/C13H10FNO3/c1-18-9-5-8(6-15-7-9)10-3-2-4-11(12(10)14)13(16)17/h2-7H,1H3,(H,16,17). The molecule has 4 nitrogen and oxygen atoms in total. The van der Waals surface area contributed by atoms with Gasteiger partial charge >= 0.3 is 5.97 Å². The van der Waals surface area contributed by atoms with Gasteiger partial charge in [0.15, 0.2) is 0 Å². The molecule has 92 valence electrons. The van der Waals surface area contributed by atoms with E-state index in [4.69, 9.17) is 9.84 Å². The average Bonchev–Trinajstić information content (AvgIpc) is 2.38. The Morgan fingerprint density at radius 1 is 1.39 bits per heavy atom. The van der Waals surface area contributed by atoms with Crippen LogP contribution < -0.4 is 4.74 Å². The van der Waals surface area contributed by atoms with Gasteiger partial charge in [0, 0.05) is 17.3 Å². The number of benzene rings is 1. The molecule has 0 atom stereocenters. The van der Waals surface area contributed by atoms with Crippen molar-refractivity contribution in [1.82, 2.24) is 4.98 Å². The predicted molar refractivity (Wildman–Crippen MR) is 63.1 cm³/mol. The van der Waals surface area contributed by atoms with Gasteiger partial charge in [-0.15, -0.1) is 0 Å². The monoisotopic (exact) mass is 247 g/mol. The summed E-state index contributed by atoms with van der Waals surface area (Å²) in [7, 11) is 1.48. The largest absolute Gasteiger partial charge is 0.495 e. The number of methoxy groups -OCH3 is 1. The highest BCUT2D eigenvalue weighted by Crippen LogP contribution is 2.26. The van der Waals surface area contributed by atoms with Gasteiger partial charge in [0.25, 0.3) is 0 Å². The third kappa shape index (κ3) is 2.15. The molecule has 0 spiro atoms. The molecule has 0 amide bonds. The van der Waals surface area contributed by atoms with E-state index in [0.717, 1.165) is 0 Å². The molecule has 0 saturated heterocycles. The van der Waals surface area contributed by atoms with E-state index in [9.17, 15) is 9.18 Å². The van der Waals surface area contributed by atoms with Crippen LogP contribution in [0.3, 0.4) is 0 Å². The maximum Gasteiger partial charge on any atom is 0.338 e. The fraction of sp³-hybridized carbons (Fsp3) is 0.0769. The molecule has 1 aromatic heterocycles. The lowest BCUT2D eigenvalue weighted by Gasteiger charge is -2.07. The maximum absolute atomic E-state index is 14.0. The topological polar surface area (TPSA) is 59.4 Å². The van der Waals surface area contributed by atoms with Crippen LogP contribution in [-0.2, 0) is 0 Å². The summed E-state index contributed by atoms with van der Waals surface area (Å²) < 4.78 is 19.0. The van der Waals surface area contributed by atoms with Gasteiger partial charge in [-0.3, -0.25) is 4.98 Å². The van der Waals surface area contributed by atoms with Crippen LogP contribution >= 0.6 is 0 Å². The second-order valence-corrected chi connectivity index (χ2v) is 3.59. The van der Waals surface area contributed by atoms with Gasteiger partial charge in [0.1, 0.15) is 11.6 Å². The lowest BCUT2D eigenvalue weighted by atomic mass is 10.0. The van der Waals surface area contributed by atoms with Gasteiger partial charge < -0.3 is 9.84 Å². The Bertz CT molecular complexity index is 599.